The van der Waals surface area contributed by atoms with Crippen molar-refractivity contribution in [2.45, 2.75) is 57.4 Å². The minimum Gasteiger partial charge on any atom is -0.325 e. The van der Waals surface area contributed by atoms with Crippen molar-refractivity contribution >= 4 is 15.6 Å². The molecular formula is C12H23NO3S. The largest absolute Gasteiger partial charge is 0.325 e. The fourth-order valence-corrected chi connectivity index (χ4v) is 3.24. The highest BCUT2D eigenvalue weighted by Gasteiger charge is 2.31. The van der Waals surface area contributed by atoms with E-state index in [1.54, 1.807) is 6.92 Å². The summed E-state index contributed by atoms with van der Waals surface area (Å²) in [5.74, 6) is 0.384. The van der Waals surface area contributed by atoms with Crippen molar-refractivity contribution in [1.82, 2.24) is 0 Å². The third kappa shape index (κ3) is 5.17. The van der Waals surface area contributed by atoms with Crippen LogP contribution < -0.4 is 5.73 Å². The Hall–Kier alpha value is -0.420. The minimum atomic E-state index is -2.94. The molecule has 0 aromatic heterocycles. The smallest absolute Gasteiger partial charge is 0.150 e. The highest BCUT2D eigenvalue weighted by molar-refractivity contribution is 7.91. The quantitative estimate of drug-likeness (QED) is 0.752. The van der Waals surface area contributed by atoms with E-state index < -0.39 is 9.84 Å². The van der Waals surface area contributed by atoms with Crippen LogP contribution >= 0.6 is 0 Å². The van der Waals surface area contributed by atoms with Crippen molar-refractivity contribution in [1.29, 1.82) is 0 Å². The summed E-state index contributed by atoms with van der Waals surface area (Å²) in [6.45, 7) is 1.63. The molecule has 1 saturated carbocycles. The maximum atomic E-state index is 11.7. The molecule has 0 spiro atoms. The zero-order chi connectivity index (χ0) is 12.9. The van der Waals surface area contributed by atoms with Crippen LogP contribution in [0.15, 0.2) is 0 Å². The Morgan fingerprint density at radius 2 is 1.88 bits per heavy atom. The van der Waals surface area contributed by atoms with Gasteiger partial charge < -0.3 is 5.73 Å². The molecule has 0 atom stereocenters. The second kappa shape index (κ2) is 5.96. The van der Waals surface area contributed by atoms with Gasteiger partial charge in [-0.05, 0) is 19.3 Å². The van der Waals surface area contributed by atoms with Gasteiger partial charge in [-0.1, -0.05) is 19.8 Å². The van der Waals surface area contributed by atoms with E-state index in [1.807, 2.05) is 0 Å². The van der Waals surface area contributed by atoms with Crippen LogP contribution in [0.3, 0.4) is 0 Å². The number of carbonyl (C=O) groups is 1. The predicted molar refractivity (Wildman–Crippen MR) is 68.6 cm³/mol. The fraction of sp³-hybridized carbons (Fsp3) is 0.917. The third-order valence-corrected chi connectivity index (χ3v) is 5.29. The molecule has 0 aromatic carbocycles. The summed E-state index contributed by atoms with van der Waals surface area (Å²) in [5.41, 5.74) is 5.80. The third-order valence-electron chi connectivity index (χ3n) is 3.50. The molecule has 100 valence electrons. The normalized spacial score (nSPS) is 19.4. The summed E-state index contributed by atoms with van der Waals surface area (Å²) in [4.78, 5) is 11.7. The van der Waals surface area contributed by atoms with Crippen LogP contribution in [-0.4, -0.2) is 31.2 Å². The molecule has 0 amide bonds. The van der Waals surface area contributed by atoms with E-state index in [2.05, 4.69) is 0 Å². The van der Waals surface area contributed by atoms with Crippen LogP contribution in [0, 0.1) is 0 Å². The molecule has 0 aliphatic heterocycles. The zero-order valence-corrected chi connectivity index (χ0v) is 11.4. The number of rotatable bonds is 7. The van der Waals surface area contributed by atoms with E-state index in [-0.39, 0.29) is 22.8 Å². The Balaban J connectivity index is 2.26. The van der Waals surface area contributed by atoms with Crippen molar-refractivity contribution in [3.05, 3.63) is 0 Å². The molecular weight excluding hydrogens is 238 g/mol. The maximum Gasteiger partial charge on any atom is 0.150 e. The summed E-state index contributed by atoms with van der Waals surface area (Å²) in [7, 11) is -2.94. The summed E-state index contributed by atoms with van der Waals surface area (Å²) in [6, 6.07) is 0. The highest BCUT2D eigenvalue weighted by atomic mass is 32.2. The van der Waals surface area contributed by atoms with E-state index in [0.717, 1.165) is 25.7 Å². The van der Waals surface area contributed by atoms with Crippen molar-refractivity contribution in [2.24, 2.45) is 5.73 Å². The molecule has 0 unspecified atom stereocenters. The van der Waals surface area contributed by atoms with Crippen molar-refractivity contribution < 1.29 is 13.2 Å². The SMILES string of the molecule is CCS(=O)(=O)CCCC(=O)CC1(N)CCCC1. The van der Waals surface area contributed by atoms with Crippen LogP contribution in [0.5, 0.6) is 0 Å². The number of hydrogen-bond donors (Lipinski definition) is 1. The first-order valence-corrected chi connectivity index (χ1v) is 8.20. The van der Waals surface area contributed by atoms with E-state index in [4.69, 9.17) is 5.73 Å². The van der Waals surface area contributed by atoms with Crippen LogP contribution in [0.4, 0.5) is 0 Å². The number of nitrogens with two attached hydrogens (primary N) is 1. The lowest BCUT2D eigenvalue weighted by Gasteiger charge is -2.22. The van der Waals surface area contributed by atoms with Crippen molar-refractivity contribution in [3.8, 4) is 0 Å². The van der Waals surface area contributed by atoms with Gasteiger partial charge in [0.25, 0.3) is 0 Å². The molecule has 1 fully saturated rings. The molecule has 5 heteroatoms. The van der Waals surface area contributed by atoms with E-state index in [9.17, 15) is 13.2 Å². The summed E-state index contributed by atoms with van der Waals surface area (Å²) >= 11 is 0. The molecule has 0 heterocycles. The first-order valence-electron chi connectivity index (χ1n) is 6.38. The number of carbonyl (C=O) groups excluding carboxylic acids is 1. The predicted octanol–water partition coefficient (Wildman–Crippen LogP) is 1.43. The Morgan fingerprint density at radius 1 is 1.29 bits per heavy atom. The molecule has 1 rings (SSSR count). The Bertz CT molecular complexity index is 356. The molecule has 17 heavy (non-hydrogen) atoms. The number of ketones is 1. The van der Waals surface area contributed by atoms with Crippen molar-refractivity contribution in [3.63, 3.8) is 0 Å². The van der Waals surface area contributed by atoms with Crippen LogP contribution in [0.2, 0.25) is 0 Å². The first kappa shape index (κ1) is 14.6. The van der Waals surface area contributed by atoms with Gasteiger partial charge in [-0.15, -0.1) is 0 Å². The van der Waals surface area contributed by atoms with Gasteiger partial charge in [0, 0.05) is 24.1 Å². The fourth-order valence-electron chi connectivity index (χ4n) is 2.37. The molecule has 0 saturated heterocycles. The van der Waals surface area contributed by atoms with Crippen LogP contribution in [0.25, 0.3) is 0 Å². The van der Waals surface area contributed by atoms with E-state index >= 15 is 0 Å². The highest BCUT2D eigenvalue weighted by Crippen LogP contribution is 2.30. The lowest BCUT2D eigenvalue weighted by molar-refractivity contribution is -0.120. The Labute approximate surface area is 104 Å². The Kier molecular flexibility index (Phi) is 5.13. The zero-order valence-electron chi connectivity index (χ0n) is 10.6. The van der Waals surface area contributed by atoms with Crippen LogP contribution in [-0.2, 0) is 14.6 Å². The number of hydrogen-bond acceptors (Lipinski definition) is 4. The molecule has 1 aliphatic rings. The molecule has 0 aromatic rings. The maximum absolute atomic E-state index is 11.7. The molecule has 1 aliphatic carbocycles. The summed E-state index contributed by atoms with van der Waals surface area (Å²) in [6.07, 6.45) is 5.25. The molecule has 4 nitrogen and oxygen atoms in total. The second-order valence-electron chi connectivity index (χ2n) is 5.12. The molecule has 0 bridgehead atoms. The number of Topliss-reactive ketones (excluding diaryl/α,β-unsaturated/α-hetero) is 1. The lowest BCUT2D eigenvalue weighted by atomic mass is 9.91. The van der Waals surface area contributed by atoms with Crippen molar-refractivity contribution in [2.75, 3.05) is 11.5 Å². The van der Waals surface area contributed by atoms with Crippen LogP contribution in [0.1, 0.15) is 51.9 Å². The average Bonchev–Trinajstić information content (AvgIpc) is 2.64. The van der Waals surface area contributed by atoms with Gasteiger partial charge >= 0.3 is 0 Å². The van der Waals surface area contributed by atoms with E-state index in [0.29, 0.717) is 19.3 Å². The standard InChI is InChI=1S/C12H23NO3S/c1-2-17(15,16)9-5-6-11(14)10-12(13)7-3-4-8-12/h2-10,13H2,1H3. The summed E-state index contributed by atoms with van der Waals surface area (Å²) in [5, 5.41) is 0. The molecule has 2 N–H and O–H groups in total. The monoisotopic (exact) mass is 261 g/mol. The van der Waals surface area contributed by atoms with Gasteiger partial charge in [-0.3, -0.25) is 4.79 Å². The first-order chi connectivity index (χ1) is 7.87. The van der Waals surface area contributed by atoms with Gasteiger partial charge in [0.05, 0.1) is 5.75 Å². The Morgan fingerprint density at radius 3 is 2.41 bits per heavy atom. The summed E-state index contributed by atoms with van der Waals surface area (Å²) < 4.78 is 22.5. The molecule has 0 radical (unpaired) electrons. The van der Waals surface area contributed by atoms with Gasteiger partial charge in [-0.25, -0.2) is 8.42 Å². The van der Waals surface area contributed by atoms with Gasteiger partial charge in [0.15, 0.2) is 0 Å². The van der Waals surface area contributed by atoms with Gasteiger partial charge in [0.2, 0.25) is 0 Å². The topological polar surface area (TPSA) is 77.2 Å². The minimum absolute atomic E-state index is 0.112. The lowest BCUT2D eigenvalue weighted by Crippen LogP contribution is -2.38. The van der Waals surface area contributed by atoms with Gasteiger partial charge in [-0.2, -0.15) is 0 Å². The second-order valence-corrected chi connectivity index (χ2v) is 7.60. The number of sulfone groups is 1. The van der Waals surface area contributed by atoms with E-state index in [1.165, 1.54) is 0 Å². The average molecular weight is 261 g/mol. The van der Waals surface area contributed by atoms with Gasteiger partial charge in [0.1, 0.15) is 15.6 Å².